The zero-order valence-electron chi connectivity index (χ0n) is 21.0. The van der Waals surface area contributed by atoms with Crippen LogP contribution in [0.4, 0.5) is 5.82 Å². The molecule has 10 nitrogen and oxygen atoms in total. The van der Waals surface area contributed by atoms with E-state index in [2.05, 4.69) is 20.4 Å². The Morgan fingerprint density at radius 1 is 1.22 bits per heavy atom. The highest BCUT2D eigenvalue weighted by Crippen LogP contribution is 2.32. The second-order valence-corrected chi connectivity index (χ2v) is 9.01. The van der Waals surface area contributed by atoms with E-state index in [1.165, 1.54) is 17.3 Å². The Bertz CT molecular complexity index is 1490. The molecule has 3 aromatic heterocycles. The van der Waals surface area contributed by atoms with Gasteiger partial charge in [0.1, 0.15) is 18.1 Å². The van der Waals surface area contributed by atoms with Crippen LogP contribution >= 0.6 is 11.6 Å². The quantitative estimate of drug-likeness (QED) is 0.334. The first-order chi connectivity index (χ1) is 17.8. The molecule has 0 unspecified atom stereocenters. The number of nitrogens with two attached hydrogens (primary N) is 1. The van der Waals surface area contributed by atoms with Gasteiger partial charge in [0.25, 0.3) is 0 Å². The van der Waals surface area contributed by atoms with E-state index in [0.717, 1.165) is 33.5 Å². The van der Waals surface area contributed by atoms with Crippen LogP contribution in [-0.4, -0.2) is 57.8 Å². The van der Waals surface area contributed by atoms with Gasteiger partial charge in [-0.15, -0.1) is 0 Å². The zero-order chi connectivity index (χ0) is 26.5. The third-order valence-corrected chi connectivity index (χ3v) is 5.84. The first-order valence-electron chi connectivity index (χ1n) is 11.5. The highest BCUT2D eigenvalue weighted by atomic mass is 35.5. The molecular formula is C26H27ClN8O2. The Morgan fingerprint density at radius 3 is 2.70 bits per heavy atom. The molecule has 4 rings (SSSR count). The number of likely N-dealkylation sites (N-methyl/N-ethyl adjacent to an activating group) is 1. The van der Waals surface area contributed by atoms with Gasteiger partial charge < -0.3 is 20.5 Å². The largest absolute Gasteiger partial charge is 0.404 e. The first-order valence-corrected chi connectivity index (χ1v) is 11.8. The number of hydrogen-bond donors (Lipinski definition) is 2. The molecule has 0 atom stereocenters. The summed E-state index contributed by atoms with van der Waals surface area (Å²) in [4.78, 5) is 31.2. The Hall–Kier alpha value is -4.31. The molecule has 0 radical (unpaired) electrons. The number of pyridine rings is 1. The molecule has 0 bridgehead atoms. The number of amides is 1. The van der Waals surface area contributed by atoms with Crippen molar-refractivity contribution < 1.29 is 9.32 Å². The van der Waals surface area contributed by atoms with Crippen LogP contribution in [0, 0.1) is 13.8 Å². The molecule has 0 aliphatic heterocycles. The lowest BCUT2D eigenvalue weighted by Gasteiger charge is -2.13. The summed E-state index contributed by atoms with van der Waals surface area (Å²) in [5.74, 6) is 1.56. The highest BCUT2D eigenvalue weighted by Gasteiger charge is 2.16. The maximum Gasteiger partial charge on any atom is 0.243 e. The number of rotatable bonds is 8. The summed E-state index contributed by atoms with van der Waals surface area (Å²) >= 11 is 6.11. The molecule has 4 aromatic rings. The van der Waals surface area contributed by atoms with Crippen molar-refractivity contribution in [1.29, 1.82) is 0 Å². The van der Waals surface area contributed by atoms with Crippen molar-refractivity contribution in [2.24, 2.45) is 10.7 Å². The molecular weight excluding hydrogens is 492 g/mol. The van der Waals surface area contributed by atoms with E-state index in [-0.39, 0.29) is 12.5 Å². The number of benzene rings is 1. The van der Waals surface area contributed by atoms with Crippen LogP contribution in [0.3, 0.4) is 0 Å². The number of anilines is 1. The van der Waals surface area contributed by atoms with Crippen molar-refractivity contribution in [1.82, 2.24) is 25.0 Å². The SMILES string of the molecule is Cc1noc(C)c1-c1ccc2nc(C(C=NCC(=O)N(C)C)=CN)nc(NCc3cncc(Cl)c3)c2c1. The summed E-state index contributed by atoms with van der Waals surface area (Å²) < 4.78 is 5.36. The fraction of sp³-hybridized carbons (Fsp3) is 0.231. The minimum absolute atomic E-state index is 0.00834. The monoisotopic (exact) mass is 518 g/mol. The number of fused-ring (bicyclic) bond motifs is 1. The van der Waals surface area contributed by atoms with Gasteiger partial charge in [-0.1, -0.05) is 22.8 Å². The van der Waals surface area contributed by atoms with Crippen molar-refractivity contribution in [2.45, 2.75) is 20.4 Å². The molecule has 11 heteroatoms. The summed E-state index contributed by atoms with van der Waals surface area (Å²) in [5.41, 5.74) is 10.6. The number of hydrogen-bond acceptors (Lipinski definition) is 9. The Morgan fingerprint density at radius 2 is 2.03 bits per heavy atom. The van der Waals surface area contributed by atoms with E-state index in [0.29, 0.717) is 34.3 Å². The Labute approximate surface area is 219 Å². The molecule has 0 saturated heterocycles. The second-order valence-electron chi connectivity index (χ2n) is 8.57. The van der Waals surface area contributed by atoms with E-state index in [1.54, 1.807) is 26.5 Å². The second kappa shape index (κ2) is 11.2. The average Bonchev–Trinajstić information content (AvgIpc) is 3.22. The van der Waals surface area contributed by atoms with Crippen LogP contribution in [0.2, 0.25) is 5.02 Å². The summed E-state index contributed by atoms with van der Waals surface area (Å²) in [6, 6.07) is 7.71. The topological polar surface area (TPSA) is 135 Å². The first kappa shape index (κ1) is 25.8. The van der Waals surface area contributed by atoms with Gasteiger partial charge in [-0.25, -0.2) is 9.97 Å². The van der Waals surface area contributed by atoms with Crippen LogP contribution in [0.5, 0.6) is 0 Å². The van der Waals surface area contributed by atoms with E-state index in [9.17, 15) is 4.79 Å². The molecule has 0 saturated carbocycles. The number of aromatic nitrogens is 4. The number of aliphatic imine (C=N–C) groups is 1. The lowest BCUT2D eigenvalue weighted by molar-refractivity contribution is -0.127. The van der Waals surface area contributed by atoms with Crippen molar-refractivity contribution in [2.75, 3.05) is 26.0 Å². The smallest absolute Gasteiger partial charge is 0.243 e. The minimum atomic E-state index is -0.128. The standard InChI is InChI=1S/C26H27ClN8O2/c1-15-24(16(2)37-34-15)18-5-6-22-21(8-18)26(31-11-17-7-20(27)13-29-10-17)33-25(32-22)19(9-28)12-30-14-23(36)35(3)4/h5-10,12-13H,11,14,28H2,1-4H3,(H,31,32,33). The fourth-order valence-electron chi connectivity index (χ4n) is 3.72. The van der Waals surface area contributed by atoms with Gasteiger partial charge in [0, 0.05) is 56.4 Å². The van der Waals surface area contributed by atoms with Crippen LogP contribution in [0.25, 0.3) is 27.6 Å². The number of carbonyl (C=O) groups excluding carboxylic acids is 1. The molecule has 0 spiro atoms. The van der Waals surface area contributed by atoms with Crippen molar-refractivity contribution in [3.05, 3.63) is 70.7 Å². The van der Waals surface area contributed by atoms with Gasteiger partial charge in [-0.3, -0.25) is 14.8 Å². The number of aryl methyl sites for hydroxylation is 2. The Balaban J connectivity index is 1.76. The molecule has 190 valence electrons. The van der Waals surface area contributed by atoms with E-state index in [1.807, 2.05) is 38.1 Å². The number of nitrogens with one attached hydrogen (secondary N) is 1. The number of halogens is 1. The maximum absolute atomic E-state index is 11.9. The summed E-state index contributed by atoms with van der Waals surface area (Å²) in [6.45, 7) is 4.20. The lowest BCUT2D eigenvalue weighted by Crippen LogP contribution is -2.24. The van der Waals surface area contributed by atoms with Gasteiger partial charge in [-0.05, 0) is 43.2 Å². The average molecular weight is 519 g/mol. The molecule has 1 amide bonds. The molecule has 0 aliphatic rings. The van der Waals surface area contributed by atoms with E-state index >= 15 is 0 Å². The predicted octanol–water partition coefficient (Wildman–Crippen LogP) is 4.02. The number of nitrogens with zero attached hydrogens (tertiary/aromatic N) is 6. The summed E-state index contributed by atoms with van der Waals surface area (Å²) in [5, 5.41) is 8.80. The molecule has 37 heavy (non-hydrogen) atoms. The molecule has 0 fully saturated rings. The fourth-order valence-corrected chi connectivity index (χ4v) is 3.92. The molecule has 1 aromatic carbocycles. The van der Waals surface area contributed by atoms with E-state index in [4.69, 9.17) is 31.8 Å². The van der Waals surface area contributed by atoms with Gasteiger partial charge in [0.15, 0.2) is 5.82 Å². The Kier molecular flexibility index (Phi) is 7.78. The highest BCUT2D eigenvalue weighted by molar-refractivity contribution is 6.30. The molecule has 0 aliphatic carbocycles. The van der Waals surface area contributed by atoms with Gasteiger partial charge in [0.2, 0.25) is 5.91 Å². The van der Waals surface area contributed by atoms with Crippen molar-refractivity contribution >= 4 is 46.0 Å². The normalized spacial score (nSPS) is 11.9. The lowest BCUT2D eigenvalue weighted by atomic mass is 10.0. The molecule has 3 N–H and O–H groups in total. The van der Waals surface area contributed by atoms with Gasteiger partial charge >= 0.3 is 0 Å². The predicted molar refractivity (Wildman–Crippen MR) is 145 cm³/mol. The zero-order valence-corrected chi connectivity index (χ0v) is 21.7. The van der Waals surface area contributed by atoms with E-state index < -0.39 is 0 Å². The summed E-state index contributed by atoms with van der Waals surface area (Å²) in [6.07, 6.45) is 6.19. The summed E-state index contributed by atoms with van der Waals surface area (Å²) in [7, 11) is 3.35. The van der Waals surface area contributed by atoms with Gasteiger partial charge in [-0.2, -0.15) is 0 Å². The third-order valence-electron chi connectivity index (χ3n) is 5.63. The minimum Gasteiger partial charge on any atom is -0.404 e. The van der Waals surface area contributed by atoms with Gasteiger partial charge in [0.05, 0.1) is 21.8 Å². The van der Waals surface area contributed by atoms with Crippen LogP contribution in [0.1, 0.15) is 22.8 Å². The van der Waals surface area contributed by atoms with Crippen LogP contribution < -0.4 is 11.1 Å². The maximum atomic E-state index is 11.9. The van der Waals surface area contributed by atoms with Crippen LogP contribution in [-0.2, 0) is 11.3 Å². The van der Waals surface area contributed by atoms with Crippen molar-refractivity contribution in [3.8, 4) is 11.1 Å². The molecule has 3 heterocycles. The number of allylic oxidation sites excluding steroid dienone is 1. The third kappa shape index (κ3) is 5.92. The number of carbonyl (C=O) groups is 1. The van der Waals surface area contributed by atoms with Crippen molar-refractivity contribution in [3.63, 3.8) is 0 Å². The van der Waals surface area contributed by atoms with Crippen LogP contribution in [0.15, 0.2) is 52.4 Å².